The van der Waals surface area contributed by atoms with Crippen molar-refractivity contribution in [1.82, 2.24) is 4.98 Å². The van der Waals surface area contributed by atoms with Crippen molar-refractivity contribution in [3.05, 3.63) is 117 Å². The second kappa shape index (κ2) is 10.6. The summed E-state index contributed by atoms with van der Waals surface area (Å²) in [6, 6.07) is 16.0. The number of pyridine rings is 1. The van der Waals surface area contributed by atoms with Crippen LogP contribution in [-0.2, 0) is 22.6 Å². The van der Waals surface area contributed by atoms with Crippen LogP contribution < -0.4 is 4.74 Å². The molecular formula is C28H23Cl2NO5. The number of aromatic nitrogens is 1. The van der Waals surface area contributed by atoms with Gasteiger partial charge in [-0.2, -0.15) is 0 Å². The zero-order valence-electron chi connectivity index (χ0n) is 19.3. The average molecular weight is 524 g/mol. The molecule has 2 atom stereocenters. The van der Waals surface area contributed by atoms with Gasteiger partial charge in [0.15, 0.2) is 0 Å². The Balaban J connectivity index is 1.81. The largest absolute Gasteiger partial charge is 0.487 e. The van der Waals surface area contributed by atoms with E-state index in [1.807, 2.05) is 30.3 Å². The molecule has 0 spiro atoms. The number of allylic oxidation sites excluding steroid dienone is 2. The summed E-state index contributed by atoms with van der Waals surface area (Å²) in [5.74, 6) is -3.07. The van der Waals surface area contributed by atoms with E-state index in [1.54, 1.807) is 31.2 Å². The van der Waals surface area contributed by atoms with Crippen molar-refractivity contribution in [2.24, 2.45) is 5.41 Å². The molecule has 0 bridgehead atoms. The number of carbonyl (C=O) groups is 2. The number of rotatable bonds is 8. The first kappa shape index (κ1) is 25.5. The highest BCUT2D eigenvalue weighted by molar-refractivity contribution is 6.33. The van der Waals surface area contributed by atoms with E-state index in [2.05, 4.69) is 4.98 Å². The first-order valence-electron chi connectivity index (χ1n) is 11.1. The van der Waals surface area contributed by atoms with Gasteiger partial charge in [-0.15, -0.1) is 0 Å². The van der Waals surface area contributed by atoms with E-state index < -0.39 is 23.3 Å². The van der Waals surface area contributed by atoms with Crippen molar-refractivity contribution in [2.45, 2.75) is 25.9 Å². The maximum atomic E-state index is 12.9. The fourth-order valence-electron chi connectivity index (χ4n) is 4.54. The molecule has 184 valence electrons. The van der Waals surface area contributed by atoms with E-state index >= 15 is 0 Å². The summed E-state index contributed by atoms with van der Waals surface area (Å²) < 4.78 is 5.90. The minimum Gasteiger partial charge on any atom is -0.487 e. The third-order valence-electron chi connectivity index (χ3n) is 6.29. The van der Waals surface area contributed by atoms with E-state index in [0.717, 1.165) is 5.56 Å². The second-order valence-electron chi connectivity index (χ2n) is 8.65. The van der Waals surface area contributed by atoms with Gasteiger partial charge in [0.2, 0.25) is 0 Å². The first-order chi connectivity index (χ1) is 17.2. The second-order valence-corrected chi connectivity index (χ2v) is 9.50. The molecule has 1 heterocycles. The van der Waals surface area contributed by atoms with Crippen LogP contribution in [0, 0.1) is 5.41 Å². The van der Waals surface area contributed by atoms with Crippen molar-refractivity contribution in [2.75, 3.05) is 0 Å². The summed E-state index contributed by atoms with van der Waals surface area (Å²) in [5.41, 5.74) is 0.608. The van der Waals surface area contributed by atoms with Crippen molar-refractivity contribution in [3.63, 3.8) is 0 Å². The van der Waals surface area contributed by atoms with Crippen LogP contribution in [0.15, 0.2) is 90.3 Å². The third-order valence-corrected chi connectivity index (χ3v) is 6.90. The lowest BCUT2D eigenvalue weighted by molar-refractivity contribution is -0.147. The number of hydrogen-bond donors (Lipinski definition) is 2. The van der Waals surface area contributed by atoms with Crippen LogP contribution in [0.2, 0.25) is 10.0 Å². The molecule has 4 rings (SSSR count). The fraction of sp³-hybridized carbons (Fsp3) is 0.179. The summed E-state index contributed by atoms with van der Waals surface area (Å²) >= 11 is 12.6. The SMILES string of the molecule is CC1=C(C(=O)O)C(c2cncc(OCc3ccccc3)c2)C(Cc2cc(Cl)ccc2Cl)(C(=O)O)C=C1. The van der Waals surface area contributed by atoms with Gasteiger partial charge in [0.25, 0.3) is 0 Å². The molecule has 0 aliphatic heterocycles. The Hall–Kier alpha value is -3.61. The Kier molecular flexibility index (Phi) is 7.48. The summed E-state index contributed by atoms with van der Waals surface area (Å²) in [6.07, 6.45) is 5.99. The van der Waals surface area contributed by atoms with Crippen molar-refractivity contribution >= 4 is 35.1 Å². The van der Waals surface area contributed by atoms with Gasteiger partial charge in [0.05, 0.1) is 6.20 Å². The minimum atomic E-state index is -1.67. The molecule has 2 aromatic carbocycles. The third kappa shape index (κ3) is 5.15. The van der Waals surface area contributed by atoms with Gasteiger partial charge in [-0.05, 0) is 59.9 Å². The number of nitrogens with zero attached hydrogens (tertiary/aromatic N) is 1. The highest BCUT2D eigenvalue weighted by Gasteiger charge is 2.50. The number of ether oxygens (including phenoxy) is 1. The van der Waals surface area contributed by atoms with Crippen LogP contribution in [0.25, 0.3) is 0 Å². The average Bonchev–Trinajstić information content (AvgIpc) is 2.86. The van der Waals surface area contributed by atoms with Gasteiger partial charge >= 0.3 is 11.9 Å². The van der Waals surface area contributed by atoms with Gasteiger partial charge < -0.3 is 14.9 Å². The van der Waals surface area contributed by atoms with Crippen LogP contribution >= 0.6 is 23.2 Å². The fourth-order valence-corrected chi connectivity index (χ4v) is 4.92. The van der Waals surface area contributed by atoms with Gasteiger partial charge in [0, 0.05) is 27.7 Å². The van der Waals surface area contributed by atoms with E-state index in [0.29, 0.717) is 32.5 Å². The zero-order valence-corrected chi connectivity index (χ0v) is 20.8. The smallest absolute Gasteiger partial charge is 0.332 e. The van der Waals surface area contributed by atoms with Gasteiger partial charge in [-0.1, -0.05) is 65.7 Å². The first-order valence-corrected chi connectivity index (χ1v) is 11.9. The molecule has 36 heavy (non-hydrogen) atoms. The van der Waals surface area contributed by atoms with Crippen LogP contribution in [0.4, 0.5) is 0 Å². The van der Waals surface area contributed by atoms with Crippen LogP contribution in [0.5, 0.6) is 5.75 Å². The summed E-state index contributed by atoms with van der Waals surface area (Å²) in [5, 5.41) is 21.5. The highest BCUT2D eigenvalue weighted by Crippen LogP contribution is 2.50. The number of carboxylic acid groups (broad SMARTS) is 2. The number of aliphatic carboxylic acids is 2. The maximum absolute atomic E-state index is 12.9. The normalized spacial score (nSPS) is 19.2. The van der Waals surface area contributed by atoms with E-state index in [9.17, 15) is 19.8 Å². The standard InChI is InChI=1S/C28H23Cl2NO5/c1-17-9-10-28(27(34)35,13-19-11-21(29)7-8-23(19)30)25(24(17)26(32)33)20-12-22(15-31-14-20)36-16-18-5-3-2-4-6-18/h2-12,14-15,25H,13,16H2,1H3,(H,32,33)(H,34,35). The molecule has 1 aliphatic carbocycles. The lowest BCUT2D eigenvalue weighted by Gasteiger charge is -2.39. The molecule has 0 amide bonds. The molecule has 0 fully saturated rings. The zero-order chi connectivity index (χ0) is 25.9. The van der Waals surface area contributed by atoms with Crippen LogP contribution in [0.3, 0.4) is 0 Å². The van der Waals surface area contributed by atoms with E-state index in [4.69, 9.17) is 27.9 Å². The molecule has 0 radical (unpaired) electrons. The number of hydrogen-bond acceptors (Lipinski definition) is 4. The summed E-state index contributed by atoms with van der Waals surface area (Å²) in [4.78, 5) is 29.6. The predicted molar refractivity (Wildman–Crippen MR) is 137 cm³/mol. The highest BCUT2D eigenvalue weighted by atomic mass is 35.5. The predicted octanol–water partition coefficient (Wildman–Crippen LogP) is 6.34. The number of carboxylic acids is 2. The molecule has 2 N–H and O–H groups in total. The Bertz CT molecular complexity index is 1370. The van der Waals surface area contributed by atoms with Gasteiger partial charge in [-0.25, -0.2) is 4.79 Å². The van der Waals surface area contributed by atoms with Gasteiger partial charge in [0.1, 0.15) is 17.8 Å². The molecule has 0 saturated heterocycles. The van der Waals surface area contributed by atoms with E-state index in [1.165, 1.54) is 24.5 Å². The number of halogens is 2. The van der Waals surface area contributed by atoms with Crippen molar-refractivity contribution in [3.8, 4) is 5.75 Å². The monoisotopic (exact) mass is 523 g/mol. The Labute approximate surface area is 218 Å². The Morgan fingerprint density at radius 3 is 2.50 bits per heavy atom. The molecule has 1 aliphatic rings. The lowest BCUT2D eigenvalue weighted by Crippen LogP contribution is -2.42. The molecular weight excluding hydrogens is 501 g/mol. The molecule has 0 saturated carbocycles. The molecule has 3 aromatic rings. The summed E-state index contributed by atoms with van der Waals surface area (Å²) in [6.45, 7) is 1.92. The summed E-state index contributed by atoms with van der Waals surface area (Å²) in [7, 11) is 0. The topological polar surface area (TPSA) is 96.7 Å². The molecule has 1 aromatic heterocycles. The van der Waals surface area contributed by atoms with Crippen LogP contribution in [0.1, 0.15) is 29.5 Å². The van der Waals surface area contributed by atoms with E-state index in [-0.39, 0.29) is 18.6 Å². The van der Waals surface area contributed by atoms with Crippen molar-refractivity contribution in [1.29, 1.82) is 0 Å². The molecule has 8 heteroatoms. The van der Waals surface area contributed by atoms with Gasteiger partial charge in [-0.3, -0.25) is 9.78 Å². The number of benzene rings is 2. The maximum Gasteiger partial charge on any atom is 0.332 e. The Morgan fingerprint density at radius 2 is 1.81 bits per heavy atom. The quantitative estimate of drug-likeness (QED) is 0.357. The minimum absolute atomic E-state index is 0.0277. The van der Waals surface area contributed by atoms with Crippen molar-refractivity contribution < 1.29 is 24.5 Å². The molecule has 6 nitrogen and oxygen atoms in total. The lowest BCUT2D eigenvalue weighted by atomic mass is 9.62. The molecule has 2 unspecified atom stereocenters. The Morgan fingerprint density at radius 1 is 1.06 bits per heavy atom. The van der Waals surface area contributed by atoms with Crippen LogP contribution in [-0.4, -0.2) is 27.1 Å².